The van der Waals surface area contributed by atoms with Crippen LogP contribution in [-0.2, 0) is 11.2 Å². The molecule has 1 unspecified atom stereocenters. The molecule has 1 amide bonds. The Bertz CT molecular complexity index is 1300. The van der Waals surface area contributed by atoms with Gasteiger partial charge in [-0.05, 0) is 62.6 Å². The van der Waals surface area contributed by atoms with Crippen molar-refractivity contribution in [2.24, 2.45) is 0 Å². The summed E-state index contributed by atoms with van der Waals surface area (Å²) >= 11 is 0. The van der Waals surface area contributed by atoms with E-state index in [1.165, 1.54) is 6.07 Å². The molecular weight excluding hydrogens is 398 g/mol. The summed E-state index contributed by atoms with van der Waals surface area (Å²) in [4.78, 5) is 19.1. The molecule has 1 atom stereocenters. The fourth-order valence-corrected chi connectivity index (χ4v) is 3.96. The summed E-state index contributed by atoms with van der Waals surface area (Å²) in [6.45, 7) is 5.73. The van der Waals surface area contributed by atoms with Gasteiger partial charge in [-0.2, -0.15) is 5.10 Å². The highest BCUT2D eigenvalue weighted by molar-refractivity contribution is 5.92. The summed E-state index contributed by atoms with van der Waals surface area (Å²) in [5.41, 5.74) is 5.06. The van der Waals surface area contributed by atoms with Crippen molar-refractivity contribution >= 4 is 22.5 Å². The zero-order valence-corrected chi connectivity index (χ0v) is 18.0. The topological polar surface area (TPSA) is 50.5 Å². The van der Waals surface area contributed by atoms with E-state index in [-0.39, 0.29) is 18.4 Å². The van der Waals surface area contributed by atoms with Crippen LogP contribution in [0.4, 0.5) is 8.78 Å². The predicted molar refractivity (Wildman–Crippen MR) is 116 cm³/mol. The van der Waals surface area contributed by atoms with Crippen LogP contribution in [0.2, 0.25) is 0 Å². The van der Waals surface area contributed by atoms with Gasteiger partial charge in [-0.1, -0.05) is 18.2 Å². The zero-order valence-electron chi connectivity index (χ0n) is 18.0. The standard InChI is InChI=1S/C24H24F2N4O/c1-14-18(16(3)30-24(27-14)19-7-5-6-8-22(19)28-30)10-12-23(31)29(4)15(2)17-9-11-20(25)21(26)13-17/h5-9,11,13,15H,10,12H2,1-4H3. The number of benzene rings is 2. The molecule has 2 heterocycles. The number of aromatic nitrogens is 3. The normalized spacial score (nSPS) is 12.5. The van der Waals surface area contributed by atoms with E-state index in [0.29, 0.717) is 12.0 Å². The molecule has 31 heavy (non-hydrogen) atoms. The molecular formula is C24H24F2N4O. The monoisotopic (exact) mass is 422 g/mol. The Balaban J connectivity index is 1.54. The highest BCUT2D eigenvalue weighted by Gasteiger charge is 2.20. The molecule has 0 saturated heterocycles. The van der Waals surface area contributed by atoms with Crippen LogP contribution in [0.25, 0.3) is 16.6 Å². The fourth-order valence-electron chi connectivity index (χ4n) is 3.96. The van der Waals surface area contributed by atoms with Crippen LogP contribution < -0.4 is 0 Å². The number of nitrogens with zero attached hydrogens (tertiary/aromatic N) is 4. The molecule has 0 radical (unpaired) electrons. The van der Waals surface area contributed by atoms with Gasteiger partial charge in [0.25, 0.3) is 0 Å². The van der Waals surface area contributed by atoms with Gasteiger partial charge >= 0.3 is 0 Å². The minimum Gasteiger partial charge on any atom is -0.339 e. The van der Waals surface area contributed by atoms with Crippen molar-refractivity contribution in [2.75, 3.05) is 7.05 Å². The van der Waals surface area contributed by atoms with Crippen LogP contribution in [0.5, 0.6) is 0 Å². The molecule has 4 rings (SSSR count). The Kier molecular flexibility index (Phi) is 5.43. The molecule has 160 valence electrons. The number of amides is 1. The molecule has 4 aromatic rings. The number of hydrogen-bond acceptors (Lipinski definition) is 3. The Morgan fingerprint density at radius 1 is 1.13 bits per heavy atom. The third kappa shape index (κ3) is 3.76. The average Bonchev–Trinajstić information content (AvgIpc) is 3.13. The van der Waals surface area contributed by atoms with E-state index in [4.69, 9.17) is 4.98 Å². The number of fused-ring (bicyclic) bond motifs is 3. The van der Waals surface area contributed by atoms with E-state index in [9.17, 15) is 13.6 Å². The average molecular weight is 422 g/mol. The van der Waals surface area contributed by atoms with E-state index in [1.807, 2.05) is 42.6 Å². The van der Waals surface area contributed by atoms with Gasteiger partial charge in [-0.25, -0.2) is 18.3 Å². The van der Waals surface area contributed by atoms with Gasteiger partial charge < -0.3 is 4.90 Å². The minimum atomic E-state index is -0.914. The van der Waals surface area contributed by atoms with Gasteiger partial charge in [0.05, 0.1) is 11.6 Å². The SMILES string of the molecule is Cc1nc2c3ccccc3nn2c(C)c1CCC(=O)N(C)C(C)c1ccc(F)c(F)c1. The number of halogens is 2. The van der Waals surface area contributed by atoms with Crippen molar-refractivity contribution in [1.82, 2.24) is 19.5 Å². The van der Waals surface area contributed by atoms with Crippen molar-refractivity contribution in [3.8, 4) is 0 Å². The Morgan fingerprint density at radius 3 is 2.61 bits per heavy atom. The molecule has 0 aliphatic rings. The number of carbonyl (C=O) groups excluding carboxylic acids is 1. The molecule has 0 aliphatic heterocycles. The van der Waals surface area contributed by atoms with Crippen LogP contribution in [0.15, 0.2) is 42.5 Å². The number of hydrogen-bond donors (Lipinski definition) is 0. The summed E-state index contributed by atoms with van der Waals surface area (Å²) in [7, 11) is 1.68. The summed E-state index contributed by atoms with van der Waals surface area (Å²) in [5.74, 6) is -1.89. The van der Waals surface area contributed by atoms with Crippen molar-refractivity contribution in [3.63, 3.8) is 0 Å². The zero-order chi connectivity index (χ0) is 22.3. The first-order chi connectivity index (χ1) is 14.8. The minimum absolute atomic E-state index is 0.0817. The van der Waals surface area contributed by atoms with E-state index < -0.39 is 11.6 Å². The third-order valence-electron chi connectivity index (χ3n) is 6.01. The number of aryl methyl sites for hydroxylation is 2. The second kappa shape index (κ2) is 8.06. The number of carbonyl (C=O) groups is 1. The Labute approximate surface area is 179 Å². The van der Waals surface area contributed by atoms with Gasteiger partial charge in [0.15, 0.2) is 17.3 Å². The van der Waals surface area contributed by atoms with Gasteiger partial charge in [0.1, 0.15) is 0 Å². The predicted octanol–water partition coefficient (Wildman–Crippen LogP) is 4.93. The molecule has 0 bridgehead atoms. The van der Waals surface area contributed by atoms with Crippen molar-refractivity contribution < 1.29 is 13.6 Å². The summed E-state index contributed by atoms with van der Waals surface area (Å²) in [5, 5.41) is 5.65. The molecule has 0 aliphatic carbocycles. The maximum atomic E-state index is 13.6. The fraction of sp³-hybridized carbons (Fsp3) is 0.292. The van der Waals surface area contributed by atoms with E-state index in [0.717, 1.165) is 45.6 Å². The lowest BCUT2D eigenvalue weighted by molar-refractivity contribution is -0.131. The molecule has 2 aromatic carbocycles. The molecule has 5 nitrogen and oxygen atoms in total. The van der Waals surface area contributed by atoms with Gasteiger partial charge in [-0.3, -0.25) is 4.79 Å². The van der Waals surface area contributed by atoms with Crippen LogP contribution in [-0.4, -0.2) is 32.5 Å². The van der Waals surface area contributed by atoms with E-state index in [1.54, 1.807) is 18.9 Å². The lowest BCUT2D eigenvalue weighted by Gasteiger charge is -2.26. The van der Waals surface area contributed by atoms with Crippen LogP contribution in [0.3, 0.4) is 0 Å². The van der Waals surface area contributed by atoms with Crippen LogP contribution in [0, 0.1) is 25.5 Å². The maximum Gasteiger partial charge on any atom is 0.223 e. The first-order valence-electron chi connectivity index (χ1n) is 10.2. The first kappa shape index (κ1) is 20.9. The molecule has 0 saturated carbocycles. The summed E-state index contributed by atoms with van der Waals surface area (Å²) < 4.78 is 28.6. The molecule has 7 heteroatoms. The summed E-state index contributed by atoms with van der Waals surface area (Å²) in [6.07, 6.45) is 0.796. The van der Waals surface area contributed by atoms with E-state index in [2.05, 4.69) is 5.10 Å². The van der Waals surface area contributed by atoms with Crippen molar-refractivity contribution in [1.29, 1.82) is 0 Å². The van der Waals surface area contributed by atoms with E-state index >= 15 is 0 Å². The second-order valence-electron chi connectivity index (χ2n) is 7.87. The Morgan fingerprint density at radius 2 is 1.87 bits per heavy atom. The molecule has 0 fully saturated rings. The number of rotatable bonds is 5. The van der Waals surface area contributed by atoms with Crippen LogP contribution in [0.1, 0.15) is 41.9 Å². The summed E-state index contributed by atoms with van der Waals surface area (Å²) in [6, 6.07) is 11.2. The highest BCUT2D eigenvalue weighted by atomic mass is 19.2. The quantitative estimate of drug-likeness (QED) is 0.458. The Hall–Kier alpha value is -3.35. The van der Waals surface area contributed by atoms with Crippen molar-refractivity contribution in [2.45, 2.75) is 39.7 Å². The van der Waals surface area contributed by atoms with Gasteiger partial charge in [0.2, 0.25) is 5.91 Å². The maximum absolute atomic E-state index is 13.6. The lowest BCUT2D eigenvalue weighted by Crippen LogP contribution is -2.30. The van der Waals surface area contributed by atoms with Gasteiger partial charge in [-0.15, -0.1) is 0 Å². The first-order valence-corrected chi connectivity index (χ1v) is 10.2. The largest absolute Gasteiger partial charge is 0.339 e. The third-order valence-corrected chi connectivity index (χ3v) is 6.01. The van der Waals surface area contributed by atoms with Crippen molar-refractivity contribution in [3.05, 3.63) is 76.6 Å². The highest BCUT2D eigenvalue weighted by Crippen LogP contribution is 2.25. The van der Waals surface area contributed by atoms with Crippen LogP contribution >= 0.6 is 0 Å². The second-order valence-corrected chi connectivity index (χ2v) is 7.87. The molecule has 0 N–H and O–H groups in total. The molecule has 0 spiro atoms. The lowest BCUT2D eigenvalue weighted by atomic mass is 10.0. The smallest absolute Gasteiger partial charge is 0.223 e. The van der Waals surface area contributed by atoms with Gasteiger partial charge in [0, 0.05) is 30.2 Å². The molecule has 2 aromatic heterocycles.